The van der Waals surface area contributed by atoms with E-state index < -0.39 is 0 Å². The van der Waals surface area contributed by atoms with Crippen LogP contribution in [0.15, 0.2) is 11.8 Å². The van der Waals surface area contributed by atoms with Gasteiger partial charge in [0.15, 0.2) is 5.78 Å². The van der Waals surface area contributed by atoms with Gasteiger partial charge in [-0.25, -0.2) is 0 Å². The molecule has 0 unspecified atom stereocenters. The van der Waals surface area contributed by atoms with Crippen LogP contribution >= 0.6 is 0 Å². The van der Waals surface area contributed by atoms with E-state index in [-0.39, 0.29) is 33.6 Å². The molecular formula is C19H28NiO2. The molecule has 0 heterocycles. The molecule has 22 heavy (non-hydrogen) atoms. The fourth-order valence-electron chi connectivity index (χ4n) is 6.22. The Morgan fingerprint density at radius 2 is 1.41 bits per heavy atom. The Bertz CT molecular complexity index is 427. The van der Waals surface area contributed by atoms with Crippen molar-refractivity contribution in [1.82, 2.24) is 0 Å². The smallest absolute Gasteiger partial charge is 0.162 e. The van der Waals surface area contributed by atoms with Crippen molar-refractivity contribution in [1.29, 1.82) is 0 Å². The van der Waals surface area contributed by atoms with E-state index in [1.54, 1.807) is 6.08 Å². The van der Waals surface area contributed by atoms with E-state index in [9.17, 15) is 9.90 Å². The molecule has 4 bridgehead atoms. The second kappa shape index (κ2) is 6.31. The number of aliphatic hydroxyl groups excluding tert-OH is 1. The predicted octanol–water partition coefficient (Wildman–Crippen LogP) is 4.79. The first-order valence-corrected chi connectivity index (χ1v) is 9.10. The Kier molecular flexibility index (Phi) is 4.75. The summed E-state index contributed by atoms with van der Waals surface area (Å²) in [7, 11) is 0. The first-order valence-electron chi connectivity index (χ1n) is 9.10. The van der Waals surface area contributed by atoms with Crippen LogP contribution in [0.2, 0.25) is 0 Å². The average molecular weight is 347 g/mol. The van der Waals surface area contributed by atoms with Crippen LogP contribution in [0.4, 0.5) is 0 Å². The number of hydrogen-bond donors (Lipinski definition) is 1. The molecule has 0 aromatic rings. The minimum absolute atomic E-state index is 0. The van der Waals surface area contributed by atoms with Crippen molar-refractivity contribution in [3.8, 4) is 0 Å². The van der Waals surface area contributed by atoms with E-state index >= 15 is 0 Å². The largest absolute Gasteiger partial charge is 0.512 e. The Hall–Kier alpha value is -0.296. The summed E-state index contributed by atoms with van der Waals surface area (Å²) >= 11 is 0. The van der Waals surface area contributed by atoms with Gasteiger partial charge in [-0.05, 0) is 69.1 Å². The predicted molar refractivity (Wildman–Crippen MR) is 82.9 cm³/mol. The SMILES string of the molecule is O=C(/C=C(\O)C12CC3CC(CC(C3)C1)C2)C1CCCCC1.[Ni]. The first-order chi connectivity index (χ1) is 10.1. The zero-order valence-corrected chi connectivity index (χ0v) is 14.3. The molecule has 3 heteroatoms. The average Bonchev–Trinajstić information content (AvgIpc) is 2.46. The maximum Gasteiger partial charge on any atom is 0.162 e. The molecule has 0 atom stereocenters. The van der Waals surface area contributed by atoms with Gasteiger partial charge in [-0.15, -0.1) is 0 Å². The van der Waals surface area contributed by atoms with E-state index in [1.807, 2.05) is 0 Å². The molecule has 5 rings (SSSR count). The summed E-state index contributed by atoms with van der Waals surface area (Å²) < 4.78 is 0. The summed E-state index contributed by atoms with van der Waals surface area (Å²) in [5.41, 5.74) is -0.0148. The summed E-state index contributed by atoms with van der Waals surface area (Å²) in [6.45, 7) is 0. The third kappa shape index (κ3) is 2.91. The molecule has 0 radical (unpaired) electrons. The molecule has 0 saturated heterocycles. The number of ketones is 1. The molecule has 0 amide bonds. The van der Waals surface area contributed by atoms with Gasteiger partial charge in [-0.1, -0.05) is 19.3 Å². The van der Waals surface area contributed by atoms with Crippen LogP contribution < -0.4 is 0 Å². The Morgan fingerprint density at radius 1 is 0.909 bits per heavy atom. The van der Waals surface area contributed by atoms with E-state index in [4.69, 9.17) is 0 Å². The number of aliphatic hydroxyl groups is 1. The van der Waals surface area contributed by atoms with Crippen LogP contribution in [-0.2, 0) is 21.3 Å². The molecule has 0 aromatic carbocycles. The van der Waals surface area contributed by atoms with Crippen LogP contribution in [0.3, 0.4) is 0 Å². The van der Waals surface area contributed by atoms with Crippen LogP contribution in [0.1, 0.15) is 70.6 Å². The van der Waals surface area contributed by atoms with Crippen LogP contribution in [0.25, 0.3) is 0 Å². The van der Waals surface area contributed by atoms with Crippen molar-refractivity contribution in [2.45, 2.75) is 70.6 Å². The van der Waals surface area contributed by atoms with E-state index in [0.29, 0.717) is 5.76 Å². The molecule has 0 aromatic heterocycles. The van der Waals surface area contributed by atoms with Crippen molar-refractivity contribution in [2.24, 2.45) is 29.1 Å². The maximum absolute atomic E-state index is 12.5. The molecule has 5 saturated carbocycles. The Labute approximate surface area is 144 Å². The van der Waals surface area contributed by atoms with Gasteiger partial charge in [-0.2, -0.15) is 0 Å². The van der Waals surface area contributed by atoms with Gasteiger partial charge in [0.1, 0.15) is 5.76 Å². The van der Waals surface area contributed by atoms with Gasteiger partial charge in [0.2, 0.25) is 0 Å². The zero-order valence-electron chi connectivity index (χ0n) is 13.3. The molecule has 1 N–H and O–H groups in total. The number of carbonyl (C=O) groups is 1. The molecule has 5 aliphatic rings. The zero-order chi connectivity index (χ0) is 14.4. The second-order valence-electron chi connectivity index (χ2n) is 8.46. The van der Waals surface area contributed by atoms with Crippen molar-refractivity contribution in [2.75, 3.05) is 0 Å². The van der Waals surface area contributed by atoms with Gasteiger partial charge in [-0.3, -0.25) is 4.79 Å². The van der Waals surface area contributed by atoms with Crippen molar-refractivity contribution in [3.63, 3.8) is 0 Å². The molecule has 2 nitrogen and oxygen atoms in total. The normalized spacial score (nSPS) is 41.3. The molecule has 0 aliphatic heterocycles. The molecule has 5 fully saturated rings. The maximum atomic E-state index is 12.5. The van der Waals surface area contributed by atoms with Gasteiger partial charge >= 0.3 is 0 Å². The molecular weight excluding hydrogens is 319 g/mol. The van der Waals surface area contributed by atoms with Crippen LogP contribution in [0.5, 0.6) is 0 Å². The van der Waals surface area contributed by atoms with E-state index in [2.05, 4.69) is 0 Å². The van der Waals surface area contributed by atoms with Gasteiger partial charge < -0.3 is 5.11 Å². The number of rotatable bonds is 3. The molecule has 0 spiro atoms. The standard InChI is InChI=1S/C19H28O2.Ni/c20-17(16-4-2-1-3-5-16)9-18(21)19-10-13-6-14(11-19)8-15(7-13)12-19;/h9,13-16,21H,1-8,10-12H2;/b18-9-;. The quantitative estimate of drug-likeness (QED) is 0.453. The molecule has 5 aliphatic carbocycles. The third-order valence-electron chi connectivity index (χ3n) is 6.87. The number of hydrogen-bond acceptors (Lipinski definition) is 2. The van der Waals surface area contributed by atoms with Crippen molar-refractivity contribution >= 4 is 5.78 Å². The summed E-state index contributed by atoms with van der Waals surface area (Å²) in [5.74, 6) is 3.31. The van der Waals surface area contributed by atoms with Gasteiger partial charge in [0.05, 0.1) is 0 Å². The van der Waals surface area contributed by atoms with Gasteiger partial charge in [0.25, 0.3) is 0 Å². The van der Waals surface area contributed by atoms with Crippen LogP contribution in [0, 0.1) is 29.1 Å². The van der Waals surface area contributed by atoms with Crippen LogP contribution in [-0.4, -0.2) is 10.9 Å². The summed E-state index contributed by atoms with van der Waals surface area (Å²) in [6, 6.07) is 0. The fourth-order valence-corrected chi connectivity index (χ4v) is 6.22. The summed E-state index contributed by atoms with van der Waals surface area (Å²) in [4.78, 5) is 12.5. The van der Waals surface area contributed by atoms with E-state index in [0.717, 1.165) is 49.9 Å². The third-order valence-corrected chi connectivity index (χ3v) is 6.87. The Morgan fingerprint density at radius 3 is 1.91 bits per heavy atom. The molecule has 126 valence electrons. The van der Waals surface area contributed by atoms with Gasteiger partial charge in [0, 0.05) is 33.9 Å². The second-order valence-corrected chi connectivity index (χ2v) is 8.46. The van der Waals surface area contributed by atoms with E-state index in [1.165, 1.54) is 38.5 Å². The van der Waals surface area contributed by atoms with Crippen molar-refractivity contribution < 1.29 is 26.4 Å². The first kappa shape index (κ1) is 16.6. The topological polar surface area (TPSA) is 37.3 Å². The minimum atomic E-state index is -0.0148. The monoisotopic (exact) mass is 346 g/mol. The summed E-state index contributed by atoms with van der Waals surface area (Å²) in [6.07, 6.45) is 14.9. The minimum Gasteiger partial charge on any atom is -0.512 e. The fraction of sp³-hybridized carbons (Fsp3) is 0.842. The van der Waals surface area contributed by atoms with Crippen molar-refractivity contribution in [3.05, 3.63) is 11.8 Å². The summed E-state index contributed by atoms with van der Waals surface area (Å²) in [5, 5.41) is 10.8. The number of carbonyl (C=O) groups excluding carboxylic acids is 1. The number of allylic oxidation sites excluding steroid dienone is 2. The Balaban J connectivity index is 0.00000144.